The summed E-state index contributed by atoms with van der Waals surface area (Å²) < 4.78 is 31.3. The molecule has 3 unspecified atom stereocenters. The predicted octanol–water partition coefficient (Wildman–Crippen LogP) is 7.17. The van der Waals surface area contributed by atoms with Crippen LogP contribution in [0.15, 0.2) is 60.7 Å². The van der Waals surface area contributed by atoms with E-state index in [9.17, 15) is 0 Å². The Morgan fingerprint density at radius 3 is 1.81 bits per heavy atom. The molecule has 31 heavy (non-hydrogen) atoms. The first-order chi connectivity index (χ1) is 14.3. The van der Waals surface area contributed by atoms with E-state index < -0.39 is 40.2 Å². The van der Waals surface area contributed by atoms with Crippen LogP contribution in [-0.2, 0) is 28.6 Å². The van der Waals surface area contributed by atoms with Crippen LogP contribution < -0.4 is 0 Å². The minimum absolute atomic E-state index is 0.693. The Morgan fingerprint density at radius 2 is 1.29 bits per heavy atom. The third-order valence-electron chi connectivity index (χ3n) is 6.40. The molecule has 3 heterocycles. The zero-order chi connectivity index (χ0) is 22.4. The second-order valence-corrected chi connectivity index (χ2v) is 14.4. The third-order valence-corrected chi connectivity index (χ3v) is 11.5. The van der Waals surface area contributed by atoms with Crippen molar-refractivity contribution in [1.82, 2.24) is 0 Å². The summed E-state index contributed by atoms with van der Waals surface area (Å²) in [5.41, 5.74) is -0.0522. The number of rotatable bonds is 2. The number of ether oxygens (including phenoxy) is 1. The van der Waals surface area contributed by atoms with Gasteiger partial charge >= 0.3 is 197 Å². The number of fused-ring (bicyclic) bond motifs is 1. The maximum absolute atomic E-state index is 6.75. The Balaban J connectivity index is 1.77. The molecule has 1 spiro atoms. The molecular weight excluding hydrogens is 482 g/mol. The van der Waals surface area contributed by atoms with Gasteiger partial charge in [-0.05, 0) is 0 Å². The molecule has 0 radical (unpaired) electrons. The van der Waals surface area contributed by atoms with Gasteiger partial charge < -0.3 is 0 Å². The maximum atomic E-state index is 6.75. The van der Waals surface area contributed by atoms with Crippen LogP contribution in [0.4, 0.5) is 0 Å². The van der Waals surface area contributed by atoms with Crippen LogP contribution in [0.5, 0.6) is 0 Å². The second-order valence-electron chi connectivity index (χ2n) is 9.10. The summed E-state index contributed by atoms with van der Waals surface area (Å²) in [7, 11) is -4.59. The molecule has 3 fully saturated rings. The van der Waals surface area contributed by atoms with Gasteiger partial charge in [-0.3, -0.25) is 0 Å². The molecule has 3 saturated heterocycles. The van der Waals surface area contributed by atoms with Gasteiger partial charge in [-0.1, -0.05) is 0 Å². The molecule has 5 rings (SSSR count). The van der Waals surface area contributed by atoms with Crippen molar-refractivity contribution in [3.8, 4) is 0 Å². The average molecular weight is 506 g/mol. The SMILES string of the molecule is CC1(C)OP23(OC(c4ccccc4)C(c4ccccc4)(OC2C(Cl)(Cl)Cl)O3)OC1(C)C. The Bertz CT molecular complexity index is 995. The molecule has 2 aromatic rings. The van der Waals surface area contributed by atoms with E-state index in [0.717, 1.165) is 11.1 Å². The Hall–Kier alpha value is -0.460. The van der Waals surface area contributed by atoms with E-state index >= 15 is 0 Å². The van der Waals surface area contributed by atoms with Gasteiger partial charge in [0.1, 0.15) is 0 Å². The van der Waals surface area contributed by atoms with Crippen molar-refractivity contribution in [2.75, 3.05) is 0 Å². The van der Waals surface area contributed by atoms with Crippen LogP contribution in [0.2, 0.25) is 0 Å². The fourth-order valence-electron chi connectivity index (χ4n) is 4.41. The molecule has 3 aliphatic heterocycles. The van der Waals surface area contributed by atoms with E-state index in [-0.39, 0.29) is 0 Å². The van der Waals surface area contributed by atoms with Crippen molar-refractivity contribution in [2.45, 2.75) is 60.4 Å². The van der Waals surface area contributed by atoms with E-state index in [4.69, 9.17) is 57.6 Å². The van der Waals surface area contributed by atoms with Gasteiger partial charge in [0, 0.05) is 0 Å². The predicted molar refractivity (Wildman–Crippen MR) is 122 cm³/mol. The van der Waals surface area contributed by atoms with Gasteiger partial charge in [-0.2, -0.15) is 0 Å². The summed E-state index contributed by atoms with van der Waals surface area (Å²) in [6.45, 7) is 7.62. The number of hydrogen-bond acceptors (Lipinski definition) is 5. The molecule has 0 saturated carbocycles. The van der Waals surface area contributed by atoms with Crippen molar-refractivity contribution in [1.29, 1.82) is 0 Å². The van der Waals surface area contributed by atoms with Crippen molar-refractivity contribution in [3.63, 3.8) is 0 Å². The molecule has 0 aromatic heterocycles. The second kappa shape index (κ2) is 6.56. The van der Waals surface area contributed by atoms with Crippen molar-refractivity contribution in [2.24, 2.45) is 0 Å². The molecule has 3 aliphatic rings. The number of benzene rings is 2. The van der Waals surface area contributed by atoms with Crippen molar-refractivity contribution < 1.29 is 22.8 Å². The van der Waals surface area contributed by atoms with Gasteiger partial charge in [0.05, 0.1) is 0 Å². The summed E-state index contributed by atoms with van der Waals surface area (Å²) in [5.74, 6) is -2.62. The van der Waals surface area contributed by atoms with E-state index in [1.165, 1.54) is 0 Å². The van der Waals surface area contributed by atoms with E-state index in [0.29, 0.717) is 0 Å². The van der Waals surface area contributed by atoms with Crippen LogP contribution in [0.3, 0.4) is 0 Å². The van der Waals surface area contributed by atoms with Gasteiger partial charge in [0.15, 0.2) is 0 Å². The molecule has 0 aliphatic carbocycles. The van der Waals surface area contributed by atoms with E-state index in [2.05, 4.69) is 0 Å². The first kappa shape index (κ1) is 22.3. The zero-order valence-corrected chi connectivity index (χ0v) is 20.7. The molecule has 9 heteroatoms. The standard InChI is InChI=1S/C22H24Cl3O5P/c1-19(2)20(3,4)29-31(28-19)18(22(23,24)25)26-21(30-31,16-13-9-6-10-14-16)17(27-31)15-11-7-5-8-12-15/h5-14,17-18H,1-4H3. The zero-order valence-electron chi connectivity index (χ0n) is 17.6. The molecule has 5 nitrogen and oxygen atoms in total. The summed E-state index contributed by atoms with van der Waals surface area (Å²) in [6, 6.07) is 19.1. The number of halogens is 3. The van der Waals surface area contributed by atoms with Gasteiger partial charge in [-0.15, -0.1) is 0 Å². The summed E-state index contributed by atoms with van der Waals surface area (Å²) in [5, 5.41) is 0. The quantitative estimate of drug-likeness (QED) is 0.320. The monoisotopic (exact) mass is 504 g/mol. The van der Waals surface area contributed by atoms with E-state index in [1.54, 1.807) is 0 Å². The molecule has 168 valence electrons. The summed E-state index contributed by atoms with van der Waals surface area (Å²) >= 11 is 19.3. The van der Waals surface area contributed by atoms with Crippen LogP contribution in [0.25, 0.3) is 0 Å². The van der Waals surface area contributed by atoms with Crippen LogP contribution in [0.1, 0.15) is 44.9 Å². The molecule has 2 aromatic carbocycles. The molecule has 3 atom stereocenters. The van der Waals surface area contributed by atoms with Gasteiger partial charge in [-0.25, -0.2) is 0 Å². The van der Waals surface area contributed by atoms with Crippen LogP contribution in [0, 0.1) is 0 Å². The molecular formula is C22H24Cl3O5P. The first-order valence-corrected chi connectivity index (χ1v) is 13.1. The van der Waals surface area contributed by atoms with Crippen molar-refractivity contribution >= 4 is 42.3 Å². The van der Waals surface area contributed by atoms with Crippen LogP contribution >= 0.6 is 42.3 Å². The first-order valence-electron chi connectivity index (χ1n) is 10.0. The van der Waals surface area contributed by atoms with Crippen molar-refractivity contribution in [3.05, 3.63) is 71.8 Å². The fraction of sp³-hybridized carbons (Fsp3) is 0.455. The van der Waals surface area contributed by atoms with Gasteiger partial charge in [0.25, 0.3) is 0 Å². The third kappa shape index (κ3) is 2.99. The normalized spacial score (nSPS) is 35.6. The summed E-state index contributed by atoms with van der Waals surface area (Å²) in [6.07, 6.45) is -0.693. The Kier molecular flexibility index (Phi) is 4.73. The molecule has 0 amide bonds. The Morgan fingerprint density at radius 1 is 0.774 bits per heavy atom. The topological polar surface area (TPSA) is 46.2 Å². The average Bonchev–Trinajstić information content (AvgIpc) is 3.20. The minimum atomic E-state index is -4.59. The van der Waals surface area contributed by atoms with Crippen LogP contribution in [-0.4, -0.2) is 20.8 Å². The Labute approximate surface area is 197 Å². The van der Waals surface area contributed by atoms with E-state index in [1.807, 2.05) is 88.4 Å². The summed E-state index contributed by atoms with van der Waals surface area (Å²) in [4.78, 5) is 0. The number of alkyl halides is 3. The number of hydrogen-bond donors (Lipinski definition) is 0. The molecule has 2 bridgehead atoms. The van der Waals surface area contributed by atoms with Gasteiger partial charge in [0.2, 0.25) is 0 Å². The molecule has 0 N–H and O–H groups in total. The fourth-order valence-corrected chi connectivity index (χ4v) is 10.9.